The molecule has 0 aliphatic rings. The number of nitrogens with zero attached hydrogens (tertiary/aromatic N) is 2. The van der Waals surface area contributed by atoms with Crippen LogP contribution in [-0.2, 0) is 6.54 Å². The molecule has 2 rings (SSSR count). The van der Waals surface area contributed by atoms with Gasteiger partial charge >= 0.3 is 0 Å². The molecule has 1 heterocycles. The van der Waals surface area contributed by atoms with E-state index < -0.39 is 0 Å². The van der Waals surface area contributed by atoms with E-state index in [1.807, 2.05) is 25.1 Å². The molecule has 1 aromatic heterocycles. The molecule has 0 atom stereocenters. The van der Waals surface area contributed by atoms with E-state index in [9.17, 15) is 4.79 Å². The van der Waals surface area contributed by atoms with Crippen LogP contribution in [0.4, 0.5) is 0 Å². The normalized spacial score (nSPS) is 10.6. The van der Waals surface area contributed by atoms with Gasteiger partial charge in [-0.3, -0.25) is 9.48 Å². The average molecular weight is 307 g/mol. The molecule has 1 aromatic carbocycles. The first-order chi connectivity index (χ1) is 8.61. The van der Waals surface area contributed by atoms with Gasteiger partial charge in [-0.25, -0.2) is 0 Å². The van der Waals surface area contributed by atoms with E-state index in [2.05, 4.69) is 28.0 Å². The monoisotopic (exact) mass is 306 g/mol. The van der Waals surface area contributed by atoms with Crippen LogP contribution >= 0.6 is 15.9 Å². The Morgan fingerprint density at radius 3 is 2.94 bits per heavy atom. The number of aryl methyl sites for hydroxylation is 2. The second kappa shape index (κ2) is 5.48. The molecule has 0 bridgehead atoms. The van der Waals surface area contributed by atoms with Gasteiger partial charge in [0.25, 0.3) is 0 Å². The van der Waals surface area contributed by atoms with Gasteiger partial charge in [-0.05, 0) is 25.5 Å². The Hall–Kier alpha value is -1.42. The SMILES string of the molecule is CCCn1cc(C(=O)c2cc(C)ccc2Br)cn1. The van der Waals surface area contributed by atoms with Crippen LogP contribution in [0, 0.1) is 6.92 Å². The second-order valence-electron chi connectivity index (χ2n) is 4.30. The maximum absolute atomic E-state index is 12.4. The van der Waals surface area contributed by atoms with Crippen LogP contribution in [0.5, 0.6) is 0 Å². The highest BCUT2D eigenvalue weighted by atomic mass is 79.9. The standard InChI is InChI=1S/C14H15BrN2O/c1-3-6-17-9-11(8-16-17)14(18)12-7-10(2)4-5-13(12)15/h4-5,7-9H,3,6H2,1-2H3. The largest absolute Gasteiger partial charge is 0.288 e. The van der Waals surface area contributed by atoms with E-state index in [-0.39, 0.29) is 5.78 Å². The Morgan fingerprint density at radius 2 is 2.22 bits per heavy atom. The van der Waals surface area contributed by atoms with Crippen molar-refractivity contribution in [1.82, 2.24) is 9.78 Å². The van der Waals surface area contributed by atoms with Crippen LogP contribution in [0.3, 0.4) is 0 Å². The Kier molecular flexibility index (Phi) is 3.97. The van der Waals surface area contributed by atoms with E-state index in [4.69, 9.17) is 0 Å². The summed E-state index contributed by atoms with van der Waals surface area (Å²) in [5.41, 5.74) is 2.39. The zero-order chi connectivity index (χ0) is 13.1. The lowest BCUT2D eigenvalue weighted by Crippen LogP contribution is -2.02. The highest BCUT2D eigenvalue weighted by molar-refractivity contribution is 9.10. The number of benzene rings is 1. The van der Waals surface area contributed by atoms with Crippen LogP contribution in [-0.4, -0.2) is 15.6 Å². The predicted molar refractivity (Wildman–Crippen MR) is 74.8 cm³/mol. The van der Waals surface area contributed by atoms with Gasteiger partial charge < -0.3 is 0 Å². The van der Waals surface area contributed by atoms with Crippen LogP contribution in [0.25, 0.3) is 0 Å². The molecule has 0 fully saturated rings. The number of halogens is 1. The zero-order valence-corrected chi connectivity index (χ0v) is 12.1. The summed E-state index contributed by atoms with van der Waals surface area (Å²) < 4.78 is 2.62. The van der Waals surface area contributed by atoms with Gasteiger partial charge in [0.15, 0.2) is 5.78 Å². The third-order valence-corrected chi connectivity index (χ3v) is 3.41. The molecular weight excluding hydrogens is 292 g/mol. The maximum Gasteiger partial charge on any atom is 0.197 e. The van der Waals surface area contributed by atoms with Crippen molar-refractivity contribution in [2.45, 2.75) is 26.8 Å². The van der Waals surface area contributed by atoms with Gasteiger partial charge in [-0.15, -0.1) is 0 Å². The molecule has 0 amide bonds. The second-order valence-corrected chi connectivity index (χ2v) is 5.16. The van der Waals surface area contributed by atoms with Crippen molar-refractivity contribution >= 4 is 21.7 Å². The Labute approximate surface area is 115 Å². The molecule has 0 saturated heterocycles. The predicted octanol–water partition coefficient (Wildman–Crippen LogP) is 3.60. The fraction of sp³-hybridized carbons (Fsp3) is 0.286. The van der Waals surface area contributed by atoms with Crippen molar-refractivity contribution in [1.29, 1.82) is 0 Å². The molecule has 2 aromatic rings. The van der Waals surface area contributed by atoms with E-state index in [0.717, 1.165) is 23.0 Å². The lowest BCUT2D eigenvalue weighted by molar-refractivity contribution is 0.103. The van der Waals surface area contributed by atoms with Gasteiger partial charge in [0.1, 0.15) is 0 Å². The molecule has 0 saturated carbocycles. The summed E-state index contributed by atoms with van der Waals surface area (Å²) in [4.78, 5) is 12.4. The fourth-order valence-electron chi connectivity index (χ4n) is 1.80. The number of ketones is 1. The van der Waals surface area contributed by atoms with Crippen molar-refractivity contribution < 1.29 is 4.79 Å². The summed E-state index contributed by atoms with van der Waals surface area (Å²) in [6.45, 7) is 4.90. The molecular formula is C14H15BrN2O. The molecule has 94 valence electrons. The molecule has 0 aliphatic heterocycles. The van der Waals surface area contributed by atoms with E-state index >= 15 is 0 Å². The molecule has 0 N–H and O–H groups in total. The topological polar surface area (TPSA) is 34.9 Å². The quantitative estimate of drug-likeness (QED) is 0.809. The minimum atomic E-state index is 0.00734. The van der Waals surface area contributed by atoms with E-state index in [1.54, 1.807) is 17.1 Å². The summed E-state index contributed by atoms with van der Waals surface area (Å²) >= 11 is 3.42. The Morgan fingerprint density at radius 1 is 1.44 bits per heavy atom. The van der Waals surface area contributed by atoms with Crippen LogP contribution in [0.15, 0.2) is 35.1 Å². The zero-order valence-electron chi connectivity index (χ0n) is 10.5. The average Bonchev–Trinajstić information content (AvgIpc) is 2.80. The van der Waals surface area contributed by atoms with E-state index in [1.165, 1.54) is 0 Å². The molecule has 0 radical (unpaired) electrons. The molecule has 0 aliphatic carbocycles. The number of hydrogen-bond acceptors (Lipinski definition) is 2. The summed E-state index contributed by atoms with van der Waals surface area (Å²) in [5, 5.41) is 4.19. The van der Waals surface area contributed by atoms with Crippen LogP contribution < -0.4 is 0 Å². The van der Waals surface area contributed by atoms with Gasteiger partial charge in [0.2, 0.25) is 0 Å². The van der Waals surface area contributed by atoms with Crippen molar-refractivity contribution in [2.24, 2.45) is 0 Å². The Bertz CT molecular complexity index is 575. The third kappa shape index (κ3) is 2.70. The lowest BCUT2D eigenvalue weighted by Gasteiger charge is -2.03. The number of carbonyl (C=O) groups excluding carboxylic acids is 1. The summed E-state index contributed by atoms with van der Waals surface area (Å²) in [6.07, 6.45) is 4.44. The van der Waals surface area contributed by atoms with Gasteiger partial charge in [0.05, 0.1) is 11.8 Å². The first-order valence-corrected chi connectivity index (χ1v) is 6.74. The third-order valence-electron chi connectivity index (χ3n) is 2.71. The summed E-state index contributed by atoms with van der Waals surface area (Å²) in [7, 11) is 0. The van der Waals surface area contributed by atoms with Crippen molar-refractivity contribution in [3.8, 4) is 0 Å². The smallest absolute Gasteiger partial charge is 0.197 e. The van der Waals surface area contributed by atoms with Crippen LogP contribution in [0.2, 0.25) is 0 Å². The highest BCUT2D eigenvalue weighted by Gasteiger charge is 2.14. The fourth-order valence-corrected chi connectivity index (χ4v) is 2.23. The first kappa shape index (κ1) is 13.0. The summed E-state index contributed by atoms with van der Waals surface area (Å²) in [5.74, 6) is 0.00734. The number of aromatic nitrogens is 2. The number of carbonyl (C=O) groups is 1. The number of hydrogen-bond donors (Lipinski definition) is 0. The van der Waals surface area contributed by atoms with Crippen molar-refractivity contribution in [3.63, 3.8) is 0 Å². The van der Waals surface area contributed by atoms with Crippen LogP contribution in [0.1, 0.15) is 34.8 Å². The molecule has 18 heavy (non-hydrogen) atoms. The minimum absolute atomic E-state index is 0.00734. The summed E-state index contributed by atoms with van der Waals surface area (Å²) in [6, 6.07) is 5.77. The van der Waals surface area contributed by atoms with Crippen molar-refractivity contribution in [3.05, 3.63) is 51.8 Å². The molecule has 0 spiro atoms. The van der Waals surface area contributed by atoms with E-state index in [0.29, 0.717) is 11.1 Å². The Balaban J connectivity index is 2.32. The number of rotatable bonds is 4. The molecule has 4 heteroatoms. The lowest BCUT2D eigenvalue weighted by atomic mass is 10.0. The van der Waals surface area contributed by atoms with Gasteiger partial charge in [0, 0.05) is 22.8 Å². The minimum Gasteiger partial charge on any atom is -0.288 e. The molecule has 3 nitrogen and oxygen atoms in total. The van der Waals surface area contributed by atoms with Gasteiger partial charge in [-0.2, -0.15) is 5.10 Å². The first-order valence-electron chi connectivity index (χ1n) is 5.95. The molecule has 0 unspecified atom stereocenters. The van der Waals surface area contributed by atoms with Gasteiger partial charge in [-0.1, -0.05) is 34.5 Å². The maximum atomic E-state index is 12.4. The van der Waals surface area contributed by atoms with Crippen molar-refractivity contribution in [2.75, 3.05) is 0 Å². The highest BCUT2D eigenvalue weighted by Crippen LogP contribution is 2.21.